The number of carboxylic acid groups (broad SMARTS) is 1. The number of benzene rings is 1. The zero-order valence-corrected chi connectivity index (χ0v) is 10.2. The van der Waals surface area contributed by atoms with Crippen molar-refractivity contribution in [2.24, 2.45) is 0 Å². The molecule has 0 amide bonds. The van der Waals surface area contributed by atoms with E-state index in [2.05, 4.69) is 12.6 Å². The highest BCUT2D eigenvalue weighted by atomic mass is 35.5. The minimum absolute atomic E-state index is 0.340. The number of thiol groups is 1. The number of aliphatic carboxylic acids is 1. The highest BCUT2D eigenvalue weighted by Crippen LogP contribution is 2.22. The molecule has 1 aromatic rings. The summed E-state index contributed by atoms with van der Waals surface area (Å²) in [6.45, 7) is 0. The number of rotatable bonds is 5. The lowest BCUT2D eigenvalue weighted by Gasteiger charge is -2.09. The maximum atomic E-state index is 10.6. The Morgan fingerprint density at radius 2 is 2.19 bits per heavy atom. The average molecular weight is 261 g/mol. The minimum Gasteiger partial charge on any atom is -0.479 e. The van der Waals surface area contributed by atoms with Gasteiger partial charge in [0.05, 0.1) is 0 Å². The second-order valence-corrected chi connectivity index (χ2v) is 4.28. The fourth-order valence-electron chi connectivity index (χ4n) is 1.36. The van der Waals surface area contributed by atoms with Crippen molar-refractivity contribution < 1.29 is 15.0 Å². The molecule has 0 aromatic heterocycles. The molecule has 5 heteroatoms. The molecule has 0 saturated heterocycles. The Kier molecular flexibility index (Phi) is 5.12. The second kappa shape index (κ2) is 6.13. The molecule has 0 fully saturated rings. The van der Waals surface area contributed by atoms with Gasteiger partial charge in [0.1, 0.15) is 0 Å². The topological polar surface area (TPSA) is 57.5 Å². The van der Waals surface area contributed by atoms with Gasteiger partial charge in [-0.15, -0.1) is 24.2 Å². The van der Waals surface area contributed by atoms with Gasteiger partial charge in [0.25, 0.3) is 0 Å². The predicted octanol–water partition coefficient (Wildman–Crippen LogP) is 2.26. The molecule has 0 aliphatic carbocycles. The summed E-state index contributed by atoms with van der Waals surface area (Å²) in [5.74, 6) is -0.687. The Morgan fingerprint density at radius 3 is 2.69 bits per heavy atom. The summed E-state index contributed by atoms with van der Waals surface area (Å²) in [6, 6.07) is 4.95. The first-order valence-electron chi connectivity index (χ1n) is 4.85. The molecule has 2 N–H and O–H groups in total. The van der Waals surface area contributed by atoms with Crippen molar-refractivity contribution in [3.8, 4) is 0 Å². The van der Waals surface area contributed by atoms with Crippen LogP contribution < -0.4 is 0 Å². The summed E-state index contributed by atoms with van der Waals surface area (Å²) in [4.78, 5) is 11.3. The quantitative estimate of drug-likeness (QED) is 0.562. The molecule has 0 saturated carbocycles. The van der Waals surface area contributed by atoms with Crippen molar-refractivity contribution in [1.29, 1.82) is 0 Å². The third-order valence-corrected chi connectivity index (χ3v) is 2.92. The summed E-state index contributed by atoms with van der Waals surface area (Å²) in [6.07, 6.45) is 0.148. The molecule has 0 heterocycles. The van der Waals surface area contributed by atoms with Crippen molar-refractivity contribution in [2.75, 3.05) is 5.88 Å². The molecule has 0 aliphatic rings. The minimum atomic E-state index is -1.49. The van der Waals surface area contributed by atoms with Gasteiger partial charge in [-0.3, -0.25) is 0 Å². The molecule has 88 valence electrons. The summed E-state index contributed by atoms with van der Waals surface area (Å²) in [5.41, 5.74) is 1.34. The van der Waals surface area contributed by atoms with Gasteiger partial charge < -0.3 is 10.2 Å². The molecule has 1 atom stereocenters. The van der Waals surface area contributed by atoms with Crippen molar-refractivity contribution in [2.45, 2.75) is 23.8 Å². The lowest BCUT2D eigenvalue weighted by Crippen LogP contribution is -2.10. The fraction of sp³-hybridized carbons (Fsp3) is 0.364. The van der Waals surface area contributed by atoms with Crippen LogP contribution in [0.4, 0.5) is 0 Å². The molecule has 0 aliphatic heterocycles. The van der Waals surface area contributed by atoms with Gasteiger partial charge in [0, 0.05) is 10.8 Å². The van der Waals surface area contributed by atoms with Gasteiger partial charge in [-0.2, -0.15) is 0 Å². The Labute approximate surface area is 104 Å². The molecular weight excluding hydrogens is 248 g/mol. The fourth-order valence-corrected chi connectivity index (χ4v) is 1.83. The normalized spacial score (nSPS) is 12.4. The maximum Gasteiger partial charge on any atom is 0.337 e. The van der Waals surface area contributed by atoms with Crippen LogP contribution in [0.25, 0.3) is 0 Å². The molecule has 0 bridgehead atoms. The van der Waals surface area contributed by atoms with Gasteiger partial charge in [0.2, 0.25) is 0 Å². The molecule has 16 heavy (non-hydrogen) atoms. The van der Waals surface area contributed by atoms with Crippen LogP contribution in [0, 0.1) is 0 Å². The van der Waals surface area contributed by atoms with E-state index < -0.39 is 12.1 Å². The molecule has 3 nitrogen and oxygen atoms in total. The van der Waals surface area contributed by atoms with Gasteiger partial charge in [-0.1, -0.05) is 12.1 Å². The summed E-state index contributed by atoms with van der Waals surface area (Å²) >= 11 is 9.84. The molecule has 0 spiro atoms. The van der Waals surface area contributed by atoms with Crippen molar-refractivity contribution in [3.05, 3.63) is 29.3 Å². The second-order valence-electron chi connectivity index (χ2n) is 3.42. The summed E-state index contributed by atoms with van der Waals surface area (Å²) in [7, 11) is 0. The number of aryl methyl sites for hydroxylation is 1. The molecular formula is C11H13ClO3S. The zero-order valence-electron chi connectivity index (χ0n) is 8.56. The first-order chi connectivity index (χ1) is 7.56. The standard InChI is InChI=1S/C11H13ClO3S/c12-5-1-2-7-3-4-8(6-9(7)16)10(13)11(14)15/h3-4,6,10,13,16H,1-2,5H2,(H,14,15). The van der Waals surface area contributed by atoms with E-state index in [0.717, 1.165) is 18.4 Å². The molecule has 1 rings (SSSR count). The van der Waals surface area contributed by atoms with Crippen molar-refractivity contribution in [1.82, 2.24) is 0 Å². The maximum absolute atomic E-state index is 10.6. The van der Waals surface area contributed by atoms with Crippen LogP contribution in [0.2, 0.25) is 0 Å². The highest BCUT2D eigenvalue weighted by Gasteiger charge is 2.16. The van der Waals surface area contributed by atoms with Crippen LogP contribution in [0.1, 0.15) is 23.7 Å². The van der Waals surface area contributed by atoms with Crippen LogP contribution >= 0.6 is 24.2 Å². The first-order valence-corrected chi connectivity index (χ1v) is 5.83. The number of carboxylic acids is 1. The number of carbonyl (C=O) groups is 1. The lowest BCUT2D eigenvalue weighted by molar-refractivity contribution is -0.146. The van der Waals surface area contributed by atoms with E-state index in [1.807, 2.05) is 0 Å². The van der Waals surface area contributed by atoms with Crippen LogP contribution in [-0.4, -0.2) is 22.1 Å². The van der Waals surface area contributed by atoms with Gasteiger partial charge >= 0.3 is 5.97 Å². The van der Waals surface area contributed by atoms with Gasteiger partial charge in [-0.05, 0) is 30.0 Å². The smallest absolute Gasteiger partial charge is 0.337 e. The zero-order chi connectivity index (χ0) is 12.1. The number of aliphatic hydroxyl groups excluding tert-OH is 1. The van der Waals surface area contributed by atoms with Gasteiger partial charge in [-0.25, -0.2) is 4.79 Å². The number of aliphatic hydroxyl groups is 1. The van der Waals surface area contributed by atoms with Crippen molar-refractivity contribution in [3.63, 3.8) is 0 Å². The van der Waals surface area contributed by atoms with Crippen LogP contribution in [0.15, 0.2) is 23.1 Å². The van der Waals surface area contributed by atoms with Crippen LogP contribution in [0.3, 0.4) is 0 Å². The van der Waals surface area contributed by atoms with E-state index in [-0.39, 0.29) is 0 Å². The van der Waals surface area contributed by atoms with Gasteiger partial charge in [0.15, 0.2) is 6.10 Å². The monoisotopic (exact) mass is 260 g/mol. The van der Waals surface area contributed by atoms with E-state index in [1.165, 1.54) is 0 Å². The van der Waals surface area contributed by atoms with E-state index in [1.54, 1.807) is 18.2 Å². The summed E-state index contributed by atoms with van der Waals surface area (Å²) < 4.78 is 0. The number of hydrogen-bond acceptors (Lipinski definition) is 3. The van der Waals surface area contributed by atoms with Crippen LogP contribution in [0.5, 0.6) is 0 Å². The van der Waals surface area contributed by atoms with Crippen molar-refractivity contribution >= 4 is 30.2 Å². The number of halogens is 1. The Bertz CT molecular complexity index is 381. The first kappa shape index (κ1) is 13.4. The largest absolute Gasteiger partial charge is 0.479 e. The number of alkyl halides is 1. The van der Waals surface area contributed by atoms with E-state index in [4.69, 9.17) is 16.7 Å². The van der Waals surface area contributed by atoms with Crippen LogP contribution in [-0.2, 0) is 11.2 Å². The molecule has 1 unspecified atom stereocenters. The summed E-state index contributed by atoms with van der Waals surface area (Å²) in [5, 5.41) is 18.0. The van der Waals surface area contributed by atoms with E-state index >= 15 is 0 Å². The third-order valence-electron chi connectivity index (χ3n) is 2.24. The highest BCUT2D eigenvalue weighted by molar-refractivity contribution is 7.80. The van der Waals surface area contributed by atoms with E-state index in [9.17, 15) is 9.90 Å². The molecule has 1 aromatic carbocycles. The Hall–Kier alpha value is -0.710. The third kappa shape index (κ3) is 3.40. The predicted molar refractivity (Wildman–Crippen MR) is 65.3 cm³/mol. The lowest BCUT2D eigenvalue weighted by atomic mass is 10.0. The molecule has 0 radical (unpaired) electrons. The Morgan fingerprint density at radius 1 is 1.50 bits per heavy atom. The average Bonchev–Trinajstić information content (AvgIpc) is 2.26. The number of hydrogen-bond donors (Lipinski definition) is 3. The SMILES string of the molecule is O=C(O)C(O)c1ccc(CCCCl)c(S)c1. The van der Waals surface area contributed by atoms with E-state index in [0.29, 0.717) is 16.3 Å². The Balaban J connectivity index is 2.86.